The number of hydrogen-bond donors (Lipinski definition) is 1. The van der Waals surface area contributed by atoms with E-state index < -0.39 is 0 Å². The molecule has 6 heteroatoms. The predicted molar refractivity (Wildman–Crippen MR) is 90.2 cm³/mol. The zero-order chi connectivity index (χ0) is 15.5. The molecule has 4 nitrogen and oxygen atoms in total. The number of carbonyl (C=O) groups is 1. The highest BCUT2D eigenvalue weighted by molar-refractivity contribution is 8.01. The molecule has 1 N–H and O–H groups in total. The van der Waals surface area contributed by atoms with Crippen molar-refractivity contribution in [2.24, 2.45) is 0 Å². The number of thioether (sulfide) groups is 1. The lowest BCUT2D eigenvalue weighted by Crippen LogP contribution is -2.33. The van der Waals surface area contributed by atoms with Crippen LogP contribution in [0.4, 0.5) is 0 Å². The summed E-state index contributed by atoms with van der Waals surface area (Å²) in [6.07, 6.45) is 2.44. The molecule has 3 rings (SSSR count). The van der Waals surface area contributed by atoms with Gasteiger partial charge < -0.3 is 5.32 Å². The summed E-state index contributed by atoms with van der Waals surface area (Å²) in [6.45, 7) is 3.95. The Hall–Kier alpha value is -1.40. The fraction of sp³-hybridized carbons (Fsp3) is 0.438. The second-order valence-corrected chi connectivity index (χ2v) is 8.11. The summed E-state index contributed by atoms with van der Waals surface area (Å²) in [7, 11) is 0. The van der Waals surface area contributed by atoms with Crippen molar-refractivity contribution in [1.29, 1.82) is 0 Å². The van der Waals surface area contributed by atoms with E-state index >= 15 is 0 Å². The summed E-state index contributed by atoms with van der Waals surface area (Å²) in [5.41, 5.74) is 0.994. The van der Waals surface area contributed by atoms with Crippen LogP contribution in [-0.2, 0) is 4.79 Å². The van der Waals surface area contributed by atoms with Gasteiger partial charge in [0.1, 0.15) is 10.3 Å². The van der Waals surface area contributed by atoms with Gasteiger partial charge in [-0.2, -0.15) is 0 Å². The second-order valence-electron chi connectivity index (χ2n) is 5.75. The topological polar surface area (TPSA) is 54.9 Å². The molecule has 22 heavy (non-hydrogen) atoms. The Morgan fingerprint density at radius 2 is 2.00 bits per heavy atom. The van der Waals surface area contributed by atoms with Crippen LogP contribution in [0.15, 0.2) is 34.7 Å². The molecule has 1 fully saturated rings. The Balaban J connectivity index is 1.79. The average Bonchev–Trinajstić information content (AvgIpc) is 3.24. The van der Waals surface area contributed by atoms with Crippen LogP contribution >= 0.6 is 23.1 Å². The van der Waals surface area contributed by atoms with Gasteiger partial charge >= 0.3 is 0 Å². The summed E-state index contributed by atoms with van der Waals surface area (Å²) in [5.74, 6) is 0.626. The molecule has 1 aromatic heterocycles. The Bertz CT molecular complexity index is 638. The van der Waals surface area contributed by atoms with Gasteiger partial charge in [-0.15, -0.1) is 10.2 Å². The molecule has 0 radical (unpaired) electrons. The van der Waals surface area contributed by atoms with Crippen molar-refractivity contribution >= 4 is 29.0 Å². The molecule has 0 spiro atoms. The van der Waals surface area contributed by atoms with Crippen LogP contribution in [0, 0.1) is 0 Å². The van der Waals surface area contributed by atoms with Gasteiger partial charge in [-0.05, 0) is 32.3 Å². The third kappa shape index (κ3) is 3.87. The van der Waals surface area contributed by atoms with Gasteiger partial charge in [-0.1, -0.05) is 53.4 Å². The predicted octanol–water partition coefficient (Wildman–Crippen LogP) is 3.77. The van der Waals surface area contributed by atoms with Gasteiger partial charge in [-0.3, -0.25) is 4.79 Å². The molecular formula is C16H19N3OS2. The van der Waals surface area contributed by atoms with Gasteiger partial charge in [0.25, 0.3) is 0 Å². The zero-order valence-corrected chi connectivity index (χ0v) is 14.3. The molecule has 1 saturated carbocycles. The third-order valence-corrected chi connectivity index (χ3v) is 5.76. The number of nitrogens with zero attached hydrogens (tertiary/aromatic N) is 2. The van der Waals surface area contributed by atoms with E-state index in [2.05, 4.69) is 15.5 Å². The summed E-state index contributed by atoms with van der Waals surface area (Å²) in [4.78, 5) is 12.5. The van der Waals surface area contributed by atoms with E-state index in [1.54, 1.807) is 11.3 Å². The van der Waals surface area contributed by atoms with E-state index in [1.165, 1.54) is 24.6 Å². The van der Waals surface area contributed by atoms with Gasteiger partial charge in [0.15, 0.2) is 4.34 Å². The van der Waals surface area contributed by atoms with Crippen molar-refractivity contribution in [1.82, 2.24) is 15.5 Å². The number of aromatic nitrogens is 2. The Morgan fingerprint density at radius 1 is 1.27 bits per heavy atom. The summed E-state index contributed by atoms with van der Waals surface area (Å²) in [6, 6.07) is 9.97. The first kappa shape index (κ1) is 15.5. The van der Waals surface area contributed by atoms with Crippen LogP contribution in [0.25, 0.3) is 0 Å². The van der Waals surface area contributed by atoms with E-state index in [1.807, 2.05) is 44.2 Å². The highest BCUT2D eigenvalue weighted by atomic mass is 32.2. The maximum absolute atomic E-state index is 12.5. The van der Waals surface area contributed by atoms with Crippen molar-refractivity contribution in [3.05, 3.63) is 40.9 Å². The smallest absolute Gasteiger partial charge is 0.238 e. The first-order valence-electron chi connectivity index (χ1n) is 7.49. The minimum Gasteiger partial charge on any atom is -0.353 e. The average molecular weight is 333 g/mol. The summed E-state index contributed by atoms with van der Waals surface area (Å²) < 4.78 is 0.870. The molecule has 1 unspecified atom stereocenters. The van der Waals surface area contributed by atoms with Crippen LogP contribution in [0.1, 0.15) is 48.4 Å². The van der Waals surface area contributed by atoms with Crippen molar-refractivity contribution in [2.45, 2.75) is 48.2 Å². The first-order valence-corrected chi connectivity index (χ1v) is 9.18. The maximum Gasteiger partial charge on any atom is 0.238 e. The van der Waals surface area contributed by atoms with Crippen LogP contribution in [0.5, 0.6) is 0 Å². The van der Waals surface area contributed by atoms with E-state index in [-0.39, 0.29) is 17.2 Å². The minimum atomic E-state index is -0.288. The lowest BCUT2D eigenvalue weighted by Gasteiger charge is -2.17. The molecule has 0 aliphatic heterocycles. The number of amides is 1. The highest BCUT2D eigenvalue weighted by Gasteiger charge is 2.29. The molecule has 0 bridgehead atoms. The first-order chi connectivity index (χ1) is 10.6. The number of hydrogen-bond acceptors (Lipinski definition) is 5. The monoisotopic (exact) mass is 333 g/mol. The Kier molecular flexibility index (Phi) is 4.78. The summed E-state index contributed by atoms with van der Waals surface area (Å²) >= 11 is 3.11. The molecule has 116 valence electrons. The van der Waals surface area contributed by atoms with E-state index in [9.17, 15) is 4.79 Å². The van der Waals surface area contributed by atoms with Crippen molar-refractivity contribution in [3.63, 3.8) is 0 Å². The second kappa shape index (κ2) is 6.79. The lowest BCUT2D eigenvalue weighted by molar-refractivity contribution is -0.121. The van der Waals surface area contributed by atoms with Crippen molar-refractivity contribution in [2.75, 3.05) is 0 Å². The molecule has 1 aliphatic rings. The van der Waals surface area contributed by atoms with Gasteiger partial charge in [0.2, 0.25) is 5.91 Å². The van der Waals surface area contributed by atoms with Crippen LogP contribution in [0.3, 0.4) is 0 Å². The molecule has 1 atom stereocenters. The lowest BCUT2D eigenvalue weighted by atomic mass is 10.1. The highest BCUT2D eigenvalue weighted by Crippen LogP contribution is 2.44. The largest absolute Gasteiger partial charge is 0.353 e. The molecule has 1 aliphatic carbocycles. The Morgan fingerprint density at radius 3 is 2.64 bits per heavy atom. The quantitative estimate of drug-likeness (QED) is 0.818. The van der Waals surface area contributed by atoms with Gasteiger partial charge in [0, 0.05) is 12.0 Å². The fourth-order valence-electron chi connectivity index (χ4n) is 2.13. The fourth-order valence-corrected chi connectivity index (χ4v) is 4.36. The molecule has 1 heterocycles. The van der Waals surface area contributed by atoms with Gasteiger partial charge in [-0.25, -0.2) is 0 Å². The number of rotatable bonds is 6. The number of benzene rings is 1. The van der Waals surface area contributed by atoms with Gasteiger partial charge in [0.05, 0.1) is 0 Å². The van der Waals surface area contributed by atoms with Crippen molar-refractivity contribution < 1.29 is 4.79 Å². The maximum atomic E-state index is 12.5. The summed E-state index contributed by atoms with van der Waals surface area (Å²) in [5, 5.41) is 12.3. The zero-order valence-electron chi connectivity index (χ0n) is 12.7. The van der Waals surface area contributed by atoms with Crippen molar-refractivity contribution in [3.8, 4) is 0 Å². The van der Waals surface area contributed by atoms with E-state index in [0.29, 0.717) is 5.92 Å². The standard InChI is InChI=1S/C16H19N3OS2/c1-10(2)17-14(20)13(11-6-4-3-5-7-11)21-16-19-18-15(22-16)12-8-9-12/h3-7,10,12-13H,8-9H2,1-2H3,(H,17,20). The normalized spacial score (nSPS) is 15.8. The molecule has 1 aromatic carbocycles. The van der Waals surface area contributed by atoms with E-state index in [4.69, 9.17) is 0 Å². The molecule has 1 amide bonds. The molecule has 0 saturated heterocycles. The molecule has 2 aromatic rings. The number of nitrogens with one attached hydrogen (secondary N) is 1. The van der Waals surface area contributed by atoms with Crippen LogP contribution < -0.4 is 5.32 Å². The third-order valence-electron chi connectivity index (χ3n) is 3.34. The Labute approximate surface area is 138 Å². The van der Waals surface area contributed by atoms with Crippen LogP contribution in [0.2, 0.25) is 0 Å². The number of carbonyl (C=O) groups excluding carboxylic acids is 1. The minimum absolute atomic E-state index is 0.0226. The molecular weight excluding hydrogens is 314 g/mol. The SMILES string of the molecule is CC(C)NC(=O)C(Sc1nnc(C2CC2)s1)c1ccccc1. The van der Waals surface area contributed by atoms with Crippen LogP contribution in [-0.4, -0.2) is 22.1 Å². The van der Waals surface area contributed by atoms with E-state index in [0.717, 1.165) is 14.9 Å².